The Labute approximate surface area is 164 Å². The summed E-state index contributed by atoms with van der Waals surface area (Å²) in [6, 6.07) is 11.5. The van der Waals surface area contributed by atoms with Gasteiger partial charge in [0.15, 0.2) is 0 Å². The number of rotatable bonds is 4. The zero-order valence-corrected chi connectivity index (χ0v) is 16.6. The monoisotopic (exact) mass is 391 g/mol. The number of nitrogens with zero attached hydrogens (tertiary/aromatic N) is 2. The smallest absolute Gasteiger partial charge is 0.238 e. The van der Waals surface area contributed by atoms with Crippen molar-refractivity contribution in [2.75, 3.05) is 42.9 Å². The van der Waals surface area contributed by atoms with E-state index in [1.54, 1.807) is 0 Å². The first-order valence-electron chi connectivity index (χ1n) is 8.72. The maximum atomic E-state index is 12.4. The first kappa shape index (κ1) is 19.0. The third kappa shape index (κ3) is 4.50. The average Bonchev–Trinajstić information content (AvgIpc) is 2.62. The van der Waals surface area contributed by atoms with Crippen molar-refractivity contribution in [2.24, 2.45) is 0 Å². The Morgan fingerprint density at radius 1 is 1.08 bits per heavy atom. The van der Waals surface area contributed by atoms with E-state index in [9.17, 15) is 4.79 Å². The van der Waals surface area contributed by atoms with Gasteiger partial charge in [-0.2, -0.15) is 0 Å². The van der Waals surface area contributed by atoms with E-state index in [0.717, 1.165) is 42.5 Å². The van der Waals surface area contributed by atoms with Crippen LogP contribution in [-0.2, 0) is 4.79 Å². The van der Waals surface area contributed by atoms with E-state index in [4.69, 9.17) is 23.2 Å². The Balaban J connectivity index is 1.54. The molecule has 0 bridgehead atoms. The van der Waals surface area contributed by atoms with Crippen molar-refractivity contribution >= 4 is 40.5 Å². The van der Waals surface area contributed by atoms with Crippen LogP contribution in [0.15, 0.2) is 36.4 Å². The fourth-order valence-corrected chi connectivity index (χ4v) is 3.55. The van der Waals surface area contributed by atoms with E-state index >= 15 is 0 Å². The molecule has 6 heteroatoms. The van der Waals surface area contributed by atoms with Gasteiger partial charge in [-0.15, -0.1) is 0 Å². The maximum absolute atomic E-state index is 12.4. The molecule has 1 saturated heterocycles. The van der Waals surface area contributed by atoms with Gasteiger partial charge >= 0.3 is 0 Å². The number of amides is 1. The highest BCUT2D eigenvalue weighted by Crippen LogP contribution is 2.25. The van der Waals surface area contributed by atoms with Crippen molar-refractivity contribution in [1.29, 1.82) is 0 Å². The molecule has 0 aliphatic carbocycles. The van der Waals surface area contributed by atoms with Crippen LogP contribution in [0.5, 0.6) is 0 Å². The third-order valence-electron chi connectivity index (χ3n) is 4.79. The van der Waals surface area contributed by atoms with E-state index in [1.807, 2.05) is 43.3 Å². The summed E-state index contributed by atoms with van der Waals surface area (Å²) in [5.74, 6) is -0.0113. The van der Waals surface area contributed by atoms with Crippen LogP contribution in [0.1, 0.15) is 11.1 Å². The average molecular weight is 392 g/mol. The van der Waals surface area contributed by atoms with E-state index in [2.05, 4.69) is 22.0 Å². The van der Waals surface area contributed by atoms with E-state index in [0.29, 0.717) is 11.6 Å². The van der Waals surface area contributed by atoms with Crippen molar-refractivity contribution in [3.8, 4) is 0 Å². The van der Waals surface area contributed by atoms with Crippen LogP contribution in [0.4, 0.5) is 11.4 Å². The lowest BCUT2D eigenvalue weighted by Gasteiger charge is -2.36. The quantitative estimate of drug-likeness (QED) is 0.839. The van der Waals surface area contributed by atoms with Crippen molar-refractivity contribution in [3.63, 3.8) is 0 Å². The predicted octanol–water partition coefficient (Wildman–Crippen LogP) is 4.37. The molecule has 1 amide bonds. The van der Waals surface area contributed by atoms with Crippen LogP contribution in [0.25, 0.3) is 0 Å². The maximum Gasteiger partial charge on any atom is 0.238 e. The van der Waals surface area contributed by atoms with Gasteiger partial charge in [0.1, 0.15) is 0 Å². The molecule has 0 atom stereocenters. The molecule has 1 heterocycles. The first-order valence-corrected chi connectivity index (χ1v) is 9.48. The molecular formula is C20H23Cl2N3O. The van der Waals surface area contributed by atoms with Crippen LogP contribution >= 0.6 is 23.2 Å². The summed E-state index contributed by atoms with van der Waals surface area (Å²) >= 11 is 12.2. The molecule has 0 unspecified atom stereocenters. The summed E-state index contributed by atoms with van der Waals surface area (Å²) in [5, 5.41) is 4.38. The van der Waals surface area contributed by atoms with Crippen molar-refractivity contribution in [1.82, 2.24) is 4.90 Å². The Morgan fingerprint density at radius 3 is 2.54 bits per heavy atom. The minimum Gasteiger partial charge on any atom is -0.369 e. The van der Waals surface area contributed by atoms with E-state index in [-0.39, 0.29) is 5.91 Å². The topological polar surface area (TPSA) is 35.6 Å². The largest absolute Gasteiger partial charge is 0.369 e. The van der Waals surface area contributed by atoms with Crippen LogP contribution in [0, 0.1) is 13.8 Å². The fraction of sp³-hybridized carbons (Fsp3) is 0.350. The molecule has 3 rings (SSSR count). The SMILES string of the molecule is Cc1ccc(Cl)cc1N1CCN(CC(=O)Nc2cccc(Cl)c2C)CC1. The van der Waals surface area contributed by atoms with Crippen LogP contribution in [-0.4, -0.2) is 43.5 Å². The number of hydrogen-bond acceptors (Lipinski definition) is 3. The molecule has 1 aliphatic rings. The summed E-state index contributed by atoms with van der Waals surface area (Å²) in [4.78, 5) is 16.9. The summed E-state index contributed by atoms with van der Waals surface area (Å²) in [6.45, 7) is 7.83. The second-order valence-electron chi connectivity index (χ2n) is 6.65. The number of anilines is 2. The molecular weight excluding hydrogens is 369 g/mol. The highest BCUT2D eigenvalue weighted by atomic mass is 35.5. The number of nitrogens with one attached hydrogen (secondary N) is 1. The van der Waals surface area contributed by atoms with Gasteiger partial charge in [0.2, 0.25) is 5.91 Å². The summed E-state index contributed by atoms with van der Waals surface area (Å²) in [7, 11) is 0. The lowest BCUT2D eigenvalue weighted by Crippen LogP contribution is -2.48. The molecule has 1 aliphatic heterocycles. The number of benzene rings is 2. The molecule has 138 valence electrons. The summed E-state index contributed by atoms with van der Waals surface area (Å²) < 4.78 is 0. The normalized spacial score (nSPS) is 15.2. The van der Waals surface area contributed by atoms with Gasteiger partial charge in [0.25, 0.3) is 0 Å². The number of halogens is 2. The minimum absolute atomic E-state index is 0.0113. The van der Waals surface area contributed by atoms with E-state index in [1.165, 1.54) is 11.3 Å². The van der Waals surface area contributed by atoms with Crippen molar-refractivity contribution in [3.05, 3.63) is 57.6 Å². The van der Waals surface area contributed by atoms with E-state index < -0.39 is 0 Å². The number of aryl methyl sites for hydroxylation is 1. The third-order valence-corrected chi connectivity index (χ3v) is 5.44. The fourth-order valence-electron chi connectivity index (χ4n) is 3.21. The van der Waals surface area contributed by atoms with Gasteiger partial charge < -0.3 is 10.2 Å². The lowest BCUT2D eigenvalue weighted by molar-refractivity contribution is -0.117. The zero-order chi connectivity index (χ0) is 18.7. The minimum atomic E-state index is -0.0113. The summed E-state index contributed by atoms with van der Waals surface area (Å²) in [5.41, 5.74) is 4.06. The number of hydrogen-bond donors (Lipinski definition) is 1. The molecule has 26 heavy (non-hydrogen) atoms. The van der Waals surface area contributed by atoms with Gasteiger partial charge in [-0.05, 0) is 49.2 Å². The zero-order valence-electron chi connectivity index (χ0n) is 15.1. The van der Waals surface area contributed by atoms with Crippen LogP contribution < -0.4 is 10.2 Å². The molecule has 2 aromatic carbocycles. The molecule has 1 N–H and O–H groups in total. The van der Waals surface area contributed by atoms with Gasteiger partial charge in [-0.3, -0.25) is 9.69 Å². The van der Waals surface area contributed by atoms with Gasteiger partial charge in [0, 0.05) is 47.6 Å². The Morgan fingerprint density at radius 2 is 1.81 bits per heavy atom. The van der Waals surface area contributed by atoms with Crippen LogP contribution in [0.3, 0.4) is 0 Å². The van der Waals surface area contributed by atoms with Crippen molar-refractivity contribution in [2.45, 2.75) is 13.8 Å². The predicted molar refractivity (Wildman–Crippen MR) is 110 cm³/mol. The lowest BCUT2D eigenvalue weighted by atomic mass is 10.1. The standard InChI is InChI=1S/C20H23Cl2N3O/c1-14-6-7-16(21)12-19(14)25-10-8-24(9-11-25)13-20(26)23-18-5-3-4-17(22)15(18)2/h3-7,12H,8-11,13H2,1-2H3,(H,23,26). The Kier molecular flexibility index (Phi) is 6.07. The molecule has 0 spiro atoms. The highest BCUT2D eigenvalue weighted by molar-refractivity contribution is 6.31. The summed E-state index contributed by atoms with van der Waals surface area (Å²) in [6.07, 6.45) is 0. The van der Waals surface area contributed by atoms with Gasteiger partial charge in [-0.25, -0.2) is 0 Å². The molecule has 0 radical (unpaired) electrons. The molecule has 0 aromatic heterocycles. The van der Waals surface area contributed by atoms with Gasteiger partial charge in [0.05, 0.1) is 6.54 Å². The number of carbonyl (C=O) groups excluding carboxylic acids is 1. The second kappa shape index (κ2) is 8.30. The molecule has 0 saturated carbocycles. The van der Waals surface area contributed by atoms with Crippen molar-refractivity contribution < 1.29 is 4.79 Å². The highest BCUT2D eigenvalue weighted by Gasteiger charge is 2.20. The number of piperazine rings is 1. The van der Waals surface area contributed by atoms with Crippen LogP contribution in [0.2, 0.25) is 10.0 Å². The Bertz CT molecular complexity index is 802. The molecule has 4 nitrogen and oxygen atoms in total. The van der Waals surface area contributed by atoms with Gasteiger partial charge in [-0.1, -0.05) is 35.3 Å². The number of carbonyl (C=O) groups is 1. The molecule has 2 aromatic rings. The second-order valence-corrected chi connectivity index (χ2v) is 7.50. The first-order chi connectivity index (χ1) is 12.4. The Hall–Kier alpha value is -1.75. The molecule has 1 fully saturated rings.